The van der Waals surface area contributed by atoms with Crippen molar-refractivity contribution in [1.82, 2.24) is 14.9 Å². The first-order valence-electron chi connectivity index (χ1n) is 6.70. The van der Waals surface area contributed by atoms with Gasteiger partial charge in [-0.05, 0) is 20.0 Å². The lowest BCUT2D eigenvalue weighted by Gasteiger charge is -2.18. The molecule has 1 aromatic heterocycles. The Balaban J connectivity index is 2.86. The largest absolute Gasteiger partial charge is 0.363 e. The van der Waals surface area contributed by atoms with Crippen LogP contribution in [0.2, 0.25) is 0 Å². The van der Waals surface area contributed by atoms with E-state index in [9.17, 15) is 10.1 Å². The van der Waals surface area contributed by atoms with E-state index in [1.54, 1.807) is 14.0 Å². The molecule has 0 unspecified atom stereocenters. The number of rotatable bonds is 8. The molecule has 0 bridgehead atoms. The second-order valence-corrected chi connectivity index (χ2v) is 4.29. The molecule has 0 saturated carbocycles. The van der Waals surface area contributed by atoms with Gasteiger partial charge in [0.1, 0.15) is 5.69 Å². The summed E-state index contributed by atoms with van der Waals surface area (Å²) in [5.41, 5.74) is 0.281. The predicted octanol–water partition coefficient (Wildman–Crippen LogP) is 1.49. The van der Waals surface area contributed by atoms with Gasteiger partial charge in [-0.1, -0.05) is 13.8 Å². The number of anilines is 2. The van der Waals surface area contributed by atoms with Gasteiger partial charge in [0.05, 0.1) is 4.92 Å². The Hall–Kier alpha value is -1.96. The minimum Gasteiger partial charge on any atom is -0.363 e. The monoisotopic (exact) mass is 282 g/mol. The Kier molecular flexibility index (Phi) is 6.10. The fourth-order valence-corrected chi connectivity index (χ4v) is 1.89. The standard InChI is InChI=1S/C12H22N6O2/c1-5-17(6-2)8-7-14-11-10(18(19)20)9(3)15-12(13-4)16-11/h5-8H2,1-4H3,(H2,13,14,15,16). The molecule has 2 N–H and O–H groups in total. The summed E-state index contributed by atoms with van der Waals surface area (Å²) in [5, 5.41) is 16.9. The number of aryl methyl sites for hydroxylation is 1. The van der Waals surface area contributed by atoms with Crippen molar-refractivity contribution in [1.29, 1.82) is 0 Å². The second-order valence-electron chi connectivity index (χ2n) is 4.29. The zero-order chi connectivity index (χ0) is 15.1. The van der Waals surface area contributed by atoms with Gasteiger partial charge in [0.25, 0.3) is 0 Å². The Morgan fingerprint density at radius 3 is 2.45 bits per heavy atom. The van der Waals surface area contributed by atoms with E-state index in [1.165, 1.54) is 0 Å². The van der Waals surface area contributed by atoms with Gasteiger partial charge in [-0.25, -0.2) is 4.98 Å². The number of nitrogens with one attached hydrogen (secondary N) is 2. The lowest BCUT2D eigenvalue weighted by Crippen LogP contribution is -2.29. The number of nitrogens with zero attached hydrogens (tertiary/aromatic N) is 4. The number of nitro groups is 1. The van der Waals surface area contributed by atoms with Gasteiger partial charge < -0.3 is 15.5 Å². The van der Waals surface area contributed by atoms with Crippen molar-refractivity contribution >= 4 is 17.5 Å². The average molecular weight is 282 g/mol. The summed E-state index contributed by atoms with van der Waals surface area (Å²) in [6.07, 6.45) is 0. The van der Waals surface area contributed by atoms with Crippen LogP contribution in [0.3, 0.4) is 0 Å². The number of hydrogen-bond donors (Lipinski definition) is 2. The highest BCUT2D eigenvalue weighted by atomic mass is 16.6. The van der Waals surface area contributed by atoms with Gasteiger partial charge in [-0.2, -0.15) is 4.98 Å². The number of hydrogen-bond acceptors (Lipinski definition) is 7. The average Bonchev–Trinajstić information content (AvgIpc) is 2.42. The summed E-state index contributed by atoms with van der Waals surface area (Å²) >= 11 is 0. The van der Waals surface area contributed by atoms with Crippen LogP contribution in [0, 0.1) is 17.0 Å². The summed E-state index contributed by atoms with van der Waals surface area (Å²) in [5.74, 6) is 0.637. The van der Waals surface area contributed by atoms with Gasteiger partial charge >= 0.3 is 5.69 Å². The summed E-state index contributed by atoms with van der Waals surface area (Å²) in [6.45, 7) is 9.08. The summed E-state index contributed by atoms with van der Waals surface area (Å²) in [7, 11) is 1.68. The fraction of sp³-hybridized carbons (Fsp3) is 0.667. The van der Waals surface area contributed by atoms with Crippen LogP contribution in [-0.2, 0) is 0 Å². The van der Waals surface area contributed by atoms with E-state index in [4.69, 9.17) is 0 Å². The molecule has 0 fully saturated rings. The first-order chi connectivity index (χ1) is 9.53. The van der Waals surface area contributed by atoms with Crippen molar-refractivity contribution in [3.8, 4) is 0 Å². The summed E-state index contributed by atoms with van der Waals surface area (Å²) in [4.78, 5) is 21.0. The molecule has 20 heavy (non-hydrogen) atoms. The third-order valence-electron chi connectivity index (χ3n) is 3.08. The van der Waals surface area contributed by atoms with E-state index in [-0.39, 0.29) is 11.5 Å². The summed E-state index contributed by atoms with van der Waals surface area (Å²) in [6, 6.07) is 0. The fourth-order valence-electron chi connectivity index (χ4n) is 1.89. The number of aromatic nitrogens is 2. The molecule has 112 valence electrons. The molecule has 0 amide bonds. The topological polar surface area (TPSA) is 96.2 Å². The van der Waals surface area contributed by atoms with Crippen LogP contribution >= 0.6 is 0 Å². The van der Waals surface area contributed by atoms with E-state index in [0.29, 0.717) is 18.2 Å². The Labute approximate surface area is 118 Å². The van der Waals surface area contributed by atoms with Crippen LogP contribution < -0.4 is 10.6 Å². The molecule has 8 heteroatoms. The van der Waals surface area contributed by atoms with Crippen molar-refractivity contribution in [2.24, 2.45) is 0 Å². The normalized spacial score (nSPS) is 10.7. The van der Waals surface area contributed by atoms with Gasteiger partial charge in [0.15, 0.2) is 0 Å². The molecule has 0 aliphatic heterocycles. The van der Waals surface area contributed by atoms with Crippen LogP contribution in [-0.4, -0.2) is 53.0 Å². The predicted molar refractivity (Wildman–Crippen MR) is 79.2 cm³/mol. The molecular weight excluding hydrogens is 260 g/mol. The minimum atomic E-state index is -0.450. The van der Waals surface area contributed by atoms with E-state index < -0.39 is 4.92 Å². The molecule has 0 spiro atoms. The van der Waals surface area contributed by atoms with E-state index >= 15 is 0 Å². The molecule has 0 saturated heterocycles. The number of likely N-dealkylation sites (N-methyl/N-ethyl adjacent to an activating group) is 1. The first-order valence-corrected chi connectivity index (χ1v) is 6.70. The smallest absolute Gasteiger partial charge is 0.332 e. The van der Waals surface area contributed by atoms with Gasteiger partial charge in [-0.3, -0.25) is 10.1 Å². The van der Waals surface area contributed by atoms with Crippen LogP contribution in [0.1, 0.15) is 19.5 Å². The van der Waals surface area contributed by atoms with Crippen molar-refractivity contribution in [3.63, 3.8) is 0 Å². The molecule has 1 heterocycles. The lowest BCUT2D eigenvalue weighted by molar-refractivity contribution is -0.385. The molecule has 1 rings (SSSR count). The van der Waals surface area contributed by atoms with Crippen LogP contribution in [0.15, 0.2) is 0 Å². The highest BCUT2D eigenvalue weighted by molar-refractivity contribution is 5.60. The Bertz CT molecular complexity index is 462. The van der Waals surface area contributed by atoms with E-state index in [0.717, 1.165) is 19.6 Å². The molecule has 0 aliphatic rings. The maximum absolute atomic E-state index is 11.1. The Morgan fingerprint density at radius 2 is 1.95 bits per heavy atom. The van der Waals surface area contributed by atoms with E-state index in [2.05, 4.69) is 39.3 Å². The molecule has 0 radical (unpaired) electrons. The van der Waals surface area contributed by atoms with Gasteiger partial charge in [0.2, 0.25) is 11.8 Å². The lowest BCUT2D eigenvalue weighted by atomic mass is 10.3. The highest BCUT2D eigenvalue weighted by Gasteiger charge is 2.21. The Morgan fingerprint density at radius 1 is 1.30 bits per heavy atom. The third-order valence-corrected chi connectivity index (χ3v) is 3.08. The third kappa shape index (κ3) is 4.02. The molecule has 0 aromatic carbocycles. The maximum Gasteiger partial charge on any atom is 0.332 e. The van der Waals surface area contributed by atoms with Crippen LogP contribution in [0.5, 0.6) is 0 Å². The SMILES string of the molecule is CCN(CC)CCNc1nc(NC)nc(C)c1[N+](=O)[O-]. The van der Waals surface area contributed by atoms with Crippen LogP contribution in [0.4, 0.5) is 17.5 Å². The van der Waals surface area contributed by atoms with Crippen molar-refractivity contribution in [3.05, 3.63) is 15.8 Å². The maximum atomic E-state index is 11.1. The molecule has 1 aromatic rings. The second kappa shape index (κ2) is 7.59. The molecule has 8 nitrogen and oxygen atoms in total. The quantitative estimate of drug-likeness (QED) is 0.550. The zero-order valence-corrected chi connectivity index (χ0v) is 12.4. The molecular formula is C12H22N6O2. The van der Waals surface area contributed by atoms with Crippen LogP contribution in [0.25, 0.3) is 0 Å². The zero-order valence-electron chi connectivity index (χ0n) is 12.4. The van der Waals surface area contributed by atoms with Crippen molar-refractivity contribution in [2.75, 3.05) is 43.9 Å². The minimum absolute atomic E-state index is 0.0662. The van der Waals surface area contributed by atoms with Gasteiger partial charge in [0, 0.05) is 20.1 Å². The molecule has 0 aliphatic carbocycles. The van der Waals surface area contributed by atoms with E-state index in [1.807, 2.05) is 0 Å². The molecule has 0 atom stereocenters. The van der Waals surface area contributed by atoms with Crippen molar-refractivity contribution < 1.29 is 4.92 Å². The highest BCUT2D eigenvalue weighted by Crippen LogP contribution is 2.26. The first kappa shape index (κ1) is 16.1. The van der Waals surface area contributed by atoms with Gasteiger partial charge in [-0.15, -0.1) is 0 Å². The van der Waals surface area contributed by atoms with Crippen molar-refractivity contribution in [2.45, 2.75) is 20.8 Å². The summed E-state index contributed by atoms with van der Waals surface area (Å²) < 4.78 is 0.